The number of aryl methyl sites for hydroxylation is 1. The number of hydrogen-bond donors (Lipinski definition) is 1. The molecule has 174 valence electrons. The minimum atomic E-state index is -0.584. The normalized spacial score (nSPS) is 11.4. The summed E-state index contributed by atoms with van der Waals surface area (Å²) in [4.78, 5) is 27.6. The summed E-state index contributed by atoms with van der Waals surface area (Å²) in [7, 11) is 3.10. The number of amides is 2. The van der Waals surface area contributed by atoms with Gasteiger partial charge in [0.1, 0.15) is 23.3 Å². The molecule has 0 aromatic heterocycles. The molecular weight excluding hydrogens is 408 g/mol. The predicted octanol–water partition coefficient (Wildman–Crippen LogP) is 3.72. The summed E-state index contributed by atoms with van der Waals surface area (Å²) in [6.07, 6.45) is 1.33. The van der Waals surface area contributed by atoms with Crippen LogP contribution in [0, 0.1) is 6.92 Å². The fourth-order valence-corrected chi connectivity index (χ4v) is 3.27. The van der Waals surface area contributed by atoms with Crippen molar-refractivity contribution in [3.63, 3.8) is 0 Å². The molecule has 1 atom stereocenters. The van der Waals surface area contributed by atoms with E-state index in [0.717, 1.165) is 17.5 Å². The van der Waals surface area contributed by atoms with Crippen molar-refractivity contribution >= 4 is 11.8 Å². The lowest BCUT2D eigenvalue weighted by atomic mass is 10.1. The van der Waals surface area contributed by atoms with E-state index in [1.165, 1.54) is 0 Å². The molecule has 0 saturated carbocycles. The lowest BCUT2D eigenvalue weighted by Gasteiger charge is -2.30. The maximum absolute atomic E-state index is 13.2. The molecule has 1 unspecified atom stereocenters. The molecule has 7 nitrogen and oxygen atoms in total. The van der Waals surface area contributed by atoms with E-state index in [4.69, 9.17) is 14.2 Å². The largest absolute Gasteiger partial charge is 0.496 e. The second kappa shape index (κ2) is 12.6. The molecule has 0 bridgehead atoms. The highest BCUT2D eigenvalue weighted by Crippen LogP contribution is 2.27. The van der Waals surface area contributed by atoms with Gasteiger partial charge in [-0.2, -0.15) is 0 Å². The molecular formula is C25H34N2O5. The molecule has 0 heterocycles. The summed E-state index contributed by atoms with van der Waals surface area (Å²) >= 11 is 0. The molecule has 2 rings (SSSR count). The van der Waals surface area contributed by atoms with Crippen molar-refractivity contribution in [1.29, 1.82) is 0 Å². The molecule has 32 heavy (non-hydrogen) atoms. The van der Waals surface area contributed by atoms with Crippen molar-refractivity contribution in [2.45, 2.75) is 46.2 Å². The zero-order valence-corrected chi connectivity index (χ0v) is 19.6. The van der Waals surface area contributed by atoms with Gasteiger partial charge in [-0.05, 0) is 25.3 Å². The van der Waals surface area contributed by atoms with Gasteiger partial charge in [0.2, 0.25) is 5.91 Å². The Labute approximate surface area is 190 Å². The van der Waals surface area contributed by atoms with Crippen LogP contribution in [0.4, 0.5) is 0 Å². The first kappa shape index (κ1) is 25.0. The van der Waals surface area contributed by atoms with Crippen LogP contribution >= 0.6 is 0 Å². The van der Waals surface area contributed by atoms with E-state index in [9.17, 15) is 9.59 Å². The fourth-order valence-electron chi connectivity index (χ4n) is 3.27. The Balaban J connectivity index is 2.22. The molecule has 0 spiro atoms. The third kappa shape index (κ3) is 7.18. The molecule has 0 aliphatic rings. The first-order chi connectivity index (χ1) is 15.4. The van der Waals surface area contributed by atoms with Gasteiger partial charge in [-0.25, -0.2) is 0 Å². The zero-order valence-electron chi connectivity index (χ0n) is 19.6. The second-order valence-corrected chi connectivity index (χ2v) is 7.56. The molecule has 0 saturated heterocycles. The van der Waals surface area contributed by atoms with Crippen molar-refractivity contribution in [1.82, 2.24) is 10.2 Å². The standard InChI is InChI=1S/C25H34N2O5/c1-6-12-26-25(29)23(7-2)27(16-19-10-8-18(3)9-11-19)24(28)17-32-22-14-20(30-4)13-21(15-22)31-5/h8-11,13-15,23H,6-7,12,16-17H2,1-5H3,(H,26,29). The van der Waals surface area contributed by atoms with Crippen LogP contribution in [0.5, 0.6) is 17.2 Å². The van der Waals surface area contributed by atoms with E-state index >= 15 is 0 Å². The number of benzene rings is 2. The van der Waals surface area contributed by atoms with Crippen molar-refractivity contribution in [3.8, 4) is 17.2 Å². The van der Waals surface area contributed by atoms with Crippen LogP contribution in [0.2, 0.25) is 0 Å². The van der Waals surface area contributed by atoms with Gasteiger partial charge in [0.25, 0.3) is 5.91 Å². The van der Waals surface area contributed by atoms with Crippen LogP contribution in [-0.4, -0.2) is 50.1 Å². The Bertz CT molecular complexity index is 860. The fraction of sp³-hybridized carbons (Fsp3) is 0.440. The van der Waals surface area contributed by atoms with Gasteiger partial charge in [-0.1, -0.05) is 43.7 Å². The summed E-state index contributed by atoms with van der Waals surface area (Å²) in [5.41, 5.74) is 2.09. The number of methoxy groups -OCH3 is 2. The van der Waals surface area contributed by atoms with Crippen LogP contribution in [0.25, 0.3) is 0 Å². The Kier molecular flexibility index (Phi) is 9.85. The summed E-state index contributed by atoms with van der Waals surface area (Å²) in [5.74, 6) is 1.15. The summed E-state index contributed by atoms with van der Waals surface area (Å²) < 4.78 is 16.3. The predicted molar refractivity (Wildman–Crippen MR) is 124 cm³/mol. The number of ether oxygens (including phenoxy) is 3. The second-order valence-electron chi connectivity index (χ2n) is 7.56. The number of nitrogens with zero attached hydrogens (tertiary/aromatic N) is 1. The van der Waals surface area contributed by atoms with E-state index in [-0.39, 0.29) is 18.4 Å². The van der Waals surface area contributed by atoms with E-state index in [0.29, 0.717) is 36.8 Å². The Hall–Kier alpha value is -3.22. The summed E-state index contributed by atoms with van der Waals surface area (Å²) in [6.45, 7) is 6.59. The summed E-state index contributed by atoms with van der Waals surface area (Å²) in [5, 5.41) is 2.91. The van der Waals surface area contributed by atoms with Gasteiger partial charge >= 0.3 is 0 Å². The molecule has 0 fully saturated rings. The average Bonchev–Trinajstić information content (AvgIpc) is 2.81. The maximum Gasteiger partial charge on any atom is 0.261 e. The number of rotatable bonds is 12. The van der Waals surface area contributed by atoms with Gasteiger partial charge in [-0.3, -0.25) is 9.59 Å². The molecule has 2 aromatic rings. The number of hydrogen-bond acceptors (Lipinski definition) is 5. The first-order valence-electron chi connectivity index (χ1n) is 10.9. The number of carbonyl (C=O) groups excluding carboxylic acids is 2. The Morgan fingerprint density at radius 1 is 0.969 bits per heavy atom. The lowest BCUT2D eigenvalue weighted by molar-refractivity contribution is -0.143. The molecule has 0 aliphatic carbocycles. The van der Waals surface area contributed by atoms with Gasteiger partial charge in [0.05, 0.1) is 14.2 Å². The Morgan fingerprint density at radius 2 is 1.56 bits per heavy atom. The van der Waals surface area contributed by atoms with Crippen LogP contribution in [-0.2, 0) is 16.1 Å². The van der Waals surface area contributed by atoms with E-state index in [1.54, 1.807) is 37.3 Å². The third-order valence-corrected chi connectivity index (χ3v) is 5.10. The zero-order chi connectivity index (χ0) is 23.5. The lowest BCUT2D eigenvalue weighted by Crippen LogP contribution is -2.50. The molecule has 7 heteroatoms. The smallest absolute Gasteiger partial charge is 0.261 e. The van der Waals surface area contributed by atoms with Crippen molar-refractivity contribution in [2.75, 3.05) is 27.4 Å². The van der Waals surface area contributed by atoms with Crippen molar-refractivity contribution in [3.05, 3.63) is 53.6 Å². The van der Waals surface area contributed by atoms with Crippen LogP contribution in [0.3, 0.4) is 0 Å². The van der Waals surface area contributed by atoms with E-state index in [1.807, 2.05) is 45.0 Å². The highest BCUT2D eigenvalue weighted by Gasteiger charge is 2.28. The number of carbonyl (C=O) groups is 2. The first-order valence-corrected chi connectivity index (χ1v) is 10.9. The highest BCUT2D eigenvalue weighted by atomic mass is 16.5. The topological polar surface area (TPSA) is 77.1 Å². The minimum Gasteiger partial charge on any atom is -0.496 e. The molecule has 1 N–H and O–H groups in total. The number of nitrogens with one attached hydrogen (secondary N) is 1. The van der Waals surface area contributed by atoms with E-state index in [2.05, 4.69) is 5.32 Å². The quantitative estimate of drug-likeness (QED) is 0.542. The molecule has 0 radical (unpaired) electrons. The van der Waals surface area contributed by atoms with Crippen LogP contribution in [0.1, 0.15) is 37.8 Å². The maximum atomic E-state index is 13.2. The monoisotopic (exact) mass is 442 g/mol. The van der Waals surface area contributed by atoms with Crippen molar-refractivity contribution < 1.29 is 23.8 Å². The molecule has 2 aromatic carbocycles. The Morgan fingerprint density at radius 3 is 2.09 bits per heavy atom. The summed E-state index contributed by atoms with van der Waals surface area (Å²) in [6, 6.07) is 12.4. The molecule has 0 aliphatic heterocycles. The van der Waals surface area contributed by atoms with E-state index < -0.39 is 6.04 Å². The highest BCUT2D eigenvalue weighted by molar-refractivity contribution is 5.88. The van der Waals surface area contributed by atoms with Gasteiger partial charge in [0.15, 0.2) is 6.61 Å². The average molecular weight is 443 g/mol. The molecule has 2 amide bonds. The van der Waals surface area contributed by atoms with Gasteiger partial charge < -0.3 is 24.4 Å². The third-order valence-electron chi connectivity index (χ3n) is 5.10. The van der Waals surface area contributed by atoms with Crippen LogP contribution < -0.4 is 19.5 Å². The van der Waals surface area contributed by atoms with Gasteiger partial charge in [-0.15, -0.1) is 0 Å². The van der Waals surface area contributed by atoms with Crippen LogP contribution in [0.15, 0.2) is 42.5 Å². The van der Waals surface area contributed by atoms with Gasteiger partial charge in [0, 0.05) is 31.3 Å². The SMILES string of the molecule is CCCNC(=O)C(CC)N(Cc1ccc(C)cc1)C(=O)COc1cc(OC)cc(OC)c1. The minimum absolute atomic E-state index is 0.155. The van der Waals surface area contributed by atoms with Crippen molar-refractivity contribution in [2.24, 2.45) is 0 Å².